The maximum atomic E-state index is 4.56. The Balaban J connectivity index is 1.53. The Kier molecular flexibility index (Phi) is 6.89. The van der Waals surface area contributed by atoms with Gasteiger partial charge in [-0.2, -0.15) is 0 Å². The molecule has 1 aliphatic rings. The number of likely N-dealkylation sites (N-methyl/N-ethyl adjacent to an activating group) is 1. The monoisotopic (exact) mass is 371 g/mol. The molecular formula is C20H29N5S. The molecule has 5 nitrogen and oxygen atoms in total. The molecule has 0 unspecified atom stereocenters. The average molecular weight is 372 g/mol. The Bertz CT molecular complexity index is 692. The van der Waals surface area contributed by atoms with Crippen LogP contribution in [0.2, 0.25) is 0 Å². The van der Waals surface area contributed by atoms with E-state index in [1.807, 2.05) is 24.6 Å². The maximum absolute atomic E-state index is 4.56. The van der Waals surface area contributed by atoms with Crippen molar-refractivity contribution in [3.63, 3.8) is 0 Å². The summed E-state index contributed by atoms with van der Waals surface area (Å²) in [6.45, 7) is 3.96. The van der Waals surface area contributed by atoms with Gasteiger partial charge in [0.2, 0.25) is 0 Å². The number of nitrogens with zero attached hydrogens (tertiary/aromatic N) is 4. The van der Waals surface area contributed by atoms with Crippen LogP contribution in [0.3, 0.4) is 0 Å². The van der Waals surface area contributed by atoms with Gasteiger partial charge in [-0.15, -0.1) is 11.3 Å². The summed E-state index contributed by atoms with van der Waals surface area (Å²) in [6.07, 6.45) is 6.84. The number of hydrogen-bond donors (Lipinski definition) is 1. The zero-order valence-corrected chi connectivity index (χ0v) is 16.6. The quantitative estimate of drug-likeness (QED) is 0.624. The van der Waals surface area contributed by atoms with Gasteiger partial charge in [0.1, 0.15) is 5.82 Å². The molecule has 1 fully saturated rings. The van der Waals surface area contributed by atoms with E-state index in [0.29, 0.717) is 0 Å². The van der Waals surface area contributed by atoms with E-state index in [-0.39, 0.29) is 0 Å². The zero-order chi connectivity index (χ0) is 18.2. The first-order chi connectivity index (χ1) is 12.8. The Morgan fingerprint density at radius 3 is 2.88 bits per heavy atom. The number of anilines is 1. The number of rotatable bonds is 6. The van der Waals surface area contributed by atoms with Crippen molar-refractivity contribution in [3.05, 3.63) is 46.3 Å². The highest BCUT2D eigenvalue weighted by Crippen LogP contribution is 2.18. The molecule has 26 heavy (non-hydrogen) atoms. The number of aromatic nitrogens is 1. The van der Waals surface area contributed by atoms with Crippen molar-refractivity contribution in [1.29, 1.82) is 0 Å². The highest BCUT2D eigenvalue weighted by molar-refractivity contribution is 7.09. The first-order valence-corrected chi connectivity index (χ1v) is 10.3. The van der Waals surface area contributed by atoms with Gasteiger partial charge in [-0.3, -0.25) is 4.99 Å². The molecule has 1 saturated heterocycles. The van der Waals surface area contributed by atoms with E-state index in [9.17, 15) is 0 Å². The lowest BCUT2D eigenvalue weighted by Crippen LogP contribution is -2.39. The topological polar surface area (TPSA) is 43.8 Å². The van der Waals surface area contributed by atoms with Crippen LogP contribution in [0.15, 0.2) is 40.8 Å². The molecule has 0 spiro atoms. The molecule has 140 valence electrons. The molecule has 0 aromatic carbocycles. The van der Waals surface area contributed by atoms with Crippen molar-refractivity contribution in [2.75, 3.05) is 38.6 Å². The van der Waals surface area contributed by atoms with Crippen LogP contribution in [-0.2, 0) is 13.0 Å². The first-order valence-electron chi connectivity index (χ1n) is 9.40. The summed E-state index contributed by atoms with van der Waals surface area (Å²) in [7, 11) is 3.93. The number of pyridine rings is 1. The molecular weight excluding hydrogens is 342 g/mol. The molecule has 0 atom stereocenters. The van der Waals surface area contributed by atoms with E-state index in [1.165, 1.54) is 29.7 Å². The Labute approximate surface area is 160 Å². The van der Waals surface area contributed by atoms with Gasteiger partial charge < -0.3 is 15.1 Å². The van der Waals surface area contributed by atoms with E-state index in [4.69, 9.17) is 0 Å². The number of thiophene rings is 1. The van der Waals surface area contributed by atoms with Crippen LogP contribution in [0, 0.1) is 0 Å². The molecule has 0 aliphatic carbocycles. The highest BCUT2D eigenvalue weighted by Gasteiger charge is 2.12. The van der Waals surface area contributed by atoms with Crippen molar-refractivity contribution < 1.29 is 0 Å². The summed E-state index contributed by atoms with van der Waals surface area (Å²) in [5.41, 5.74) is 1.24. The minimum absolute atomic E-state index is 0.763. The summed E-state index contributed by atoms with van der Waals surface area (Å²) in [5.74, 6) is 2.03. The van der Waals surface area contributed by atoms with Crippen LogP contribution in [0.1, 0.15) is 29.7 Å². The normalized spacial score (nSPS) is 15.2. The molecule has 1 aliphatic heterocycles. The van der Waals surface area contributed by atoms with E-state index < -0.39 is 0 Å². The van der Waals surface area contributed by atoms with Crippen LogP contribution in [0.25, 0.3) is 0 Å². The lowest BCUT2D eigenvalue weighted by atomic mass is 10.1. The molecule has 6 heteroatoms. The standard InChI is InChI=1S/C20H29N5S/c1-21-20(24(2)13-9-18-7-6-14-26-18)23-16-17-8-10-22-19(15-17)25-11-4-3-5-12-25/h6-8,10,14-15H,3-5,9,11-13,16H2,1-2H3,(H,21,23). The predicted molar refractivity (Wildman–Crippen MR) is 111 cm³/mol. The predicted octanol–water partition coefficient (Wildman–Crippen LogP) is 3.38. The third kappa shape index (κ3) is 5.21. The van der Waals surface area contributed by atoms with Crippen molar-refractivity contribution >= 4 is 23.1 Å². The number of aliphatic imine (C=N–C) groups is 1. The summed E-state index contributed by atoms with van der Waals surface area (Å²) in [4.78, 5) is 15.0. The molecule has 0 bridgehead atoms. The minimum Gasteiger partial charge on any atom is -0.357 e. The van der Waals surface area contributed by atoms with Gasteiger partial charge in [-0.25, -0.2) is 4.98 Å². The van der Waals surface area contributed by atoms with Gasteiger partial charge in [0, 0.05) is 51.3 Å². The van der Waals surface area contributed by atoms with Gasteiger partial charge in [0.15, 0.2) is 5.96 Å². The number of hydrogen-bond acceptors (Lipinski definition) is 4. The maximum Gasteiger partial charge on any atom is 0.193 e. The third-order valence-corrected chi connectivity index (χ3v) is 5.72. The van der Waals surface area contributed by atoms with Crippen molar-refractivity contribution in [2.24, 2.45) is 4.99 Å². The Morgan fingerprint density at radius 1 is 1.31 bits per heavy atom. The van der Waals surface area contributed by atoms with Crippen molar-refractivity contribution in [2.45, 2.75) is 32.2 Å². The Hall–Kier alpha value is -2.08. The molecule has 2 aromatic heterocycles. The largest absolute Gasteiger partial charge is 0.357 e. The van der Waals surface area contributed by atoms with Crippen molar-refractivity contribution in [1.82, 2.24) is 15.2 Å². The van der Waals surface area contributed by atoms with Gasteiger partial charge >= 0.3 is 0 Å². The van der Waals surface area contributed by atoms with Crippen LogP contribution in [-0.4, -0.2) is 49.6 Å². The minimum atomic E-state index is 0.763. The lowest BCUT2D eigenvalue weighted by molar-refractivity contribution is 0.486. The van der Waals surface area contributed by atoms with Crippen LogP contribution < -0.4 is 10.2 Å². The van der Waals surface area contributed by atoms with Gasteiger partial charge in [0.05, 0.1) is 0 Å². The summed E-state index contributed by atoms with van der Waals surface area (Å²) in [5, 5.41) is 5.61. The second-order valence-corrected chi connectivity index (χ2v) is 7.75. The molecule has 0 radical (unpaired) electrons. The fraction of sp³-hybridized carbons (Fsp3) is 0.500. The number of guanidine groups is 1. The molecule has 2 aromatic rings. The van der Waals surface area contributed by atoms with E-state index in [0.717, 1.165) is 44.4 Å². The molecule has 0 amide bonds. The fourth-order valence-electron chi connectivity index (χ4n) is 3.27. The highest BCUT2D eigenvalue weighted by atomic mass is 32.1. The SMILES string of the molecule is CN=C(NCc1ccnc(N2CCCCC2)c1)N(C)CCc1cccs1. The molecule has 0 saturated carbocycles. The number of piperidine rings is 1. The van der Waals surface area contributed by atoms with E-state index >= 15 is 0 Å². The third-order valence-electron chi connectivity index (χ3n) is 4.79. The van der Waals surface area contributed by atoms with Crippen LogP contribution >= 0.6 is 11.3 Å². The molecule has 1 N–H and O–H groups in total. The second-order valence-electron chi connectivity index (χ2n) is 6.72. The van der Waals surface area contributed by atoms with Crippen molar-refractivity contribution in [3.8, 4) is 0 Å². The average Bonchev–Trinajstić information content (AvgIpc) is 3.21. The summed E-state index contributed by atoms with van der Waals surface area (Å²) < 4.78 is 0. The van der Waals surface area contributed by atoms with Gasteiger partial charge in [-0.1, -0.05) is 6.07 Å². The molecule has 3 rings (SSSR count). The summed E-state index contributed by atoms with van der Waals surface area (Å²) >= 11 is 1.81. The molecule has 3 heterocycles. The zero-order valence-electron chi connectivity index (χ0n) is 15.8. The van der Waals surface area contributed by atoms with Gasteiger partial charge in [-0.05, 0) is 54.8 Å². The van der Waals surface area contributed by atoms with Gasteiger partial charge in [0.25, 0.3) is 0 Å². The number of nitrogens with one attached hydrogen (secondary N) is 1. The van der Waals surface area contributed by atoms with Crippen LogP contribution in [0.5, 0.6) is 0 Å². The first kappa shape index (κ1) is 18.7. The summed E-state index contributed by atoms with van der Waals surface area (Å²) in [6, 6.07) is 8.58. The fourth-order valence-corrected chi connectivity index (χ4v) is 3.97. The van der Waals surface area contributed by atoms with E-state index in [2.05, 4.69) is 61.8 Å². The smallest absolute Gasteiger partial charge is 0.193 e. The van der Waals surface area contributed by atoms with Crippen LogP contribution in [0.4, 0.5) is 5.82 Å². The lowest BCUT2D eigenvalue weighted by Gasteiger charge is -2.28. The second kappa shape index (κ2) is 9.57. The van der Waals surface area contributed by atoms with E-state index in [1.54, 1.807) is 0 Å². The Morgan fingerprint density at radius 2 is 2.15 bits per heavy atom.